The molecule has 2 N–H and O–H groups in total. The second-order valence-corrected chi connectivity index (χ2v) is 5.59. The van der Waals surface area contributed by atoms with Crippen molar-refractivity contribution in [1.29, 1.82) is 0 Å². The molecule has 0 heterocycles. The standard InChI is InChI=1S/C16H16BrF2NO/c1-2-15(20)16(10-3-5-11(18)6-4-10)21-12-7-8-13(17)14(19)9-12/h3-9,15-16H,2,20H2,1H3. The maximum Gasteiger partial charge on any atom is 0.141 e. The van der Waals surface area contributed by atoms with Crippen LogP contribution in [-0.4, -0.2) is 6.04 Å². The van der Waals surface area contributed by atoms with Crippen molar-refractivity contribution in [2.45, 2.75) is 25.5 Å². The molecule has 0 aliphatic heterocycles. The fraction of sp³-hybridized carbons (Fsp3) is 0.250. The van der Waals surface area contributed by atoms with Crippen LogP contribution in [0.15, 0.2) is 46.9 Å². The van der Waals surface area contributed by atoms with Crippen molar-refractivity contribution in [3.05, 3.63) is 64.1 Å². The Balaban J connectivity index is 2.28. The molecule has 112 valence electrons. The summed E-state index contributed by atoms with van der Waals surface area (Å²) in [6, 6.07) is 10.2. The molecule has 0 bridgehead atoms. The SMILES string of the molecule is CCC(N)C(Oc1ccc(Br)c(F)c1)c1ccc(F)cc1. The van der Waals surface area contributed by atoms with Crippen molar-refractivity contribution in [3.63, 3.8) is 0 Å². The normalized spacial score (nSPS) is 13.8. The van der Waals surface area contributed by atoms with E-state index in [0.29, 0.717) is 16.6 Å². The second kappa shape index (κ2) is 7.00. The highest BCUT2D eigenvalue weighted by Crippen LogP contribution is 2.28. The summed E-state index contributed by atoms with van der Waals surface area (Å²) in [5, 5.41) is 0. The molecule has 2 unspecified atom stereocenters. The highest BCUT2D eigenvalue weighted by atomic mass is 79.9. The summed E-state index contributed by atoms with van der Waals surface area (Å²) >= 11 is 3.09. The van der Waals surface area contributed by atoms with Crippen LogP contribution >= 0.6 is 15.9 Å². The molecule has 2 aromatic carbocycles. The van der Waals surface area contributed by atoms with Gasteiger partial charge in [0.2, 0.25) is 0 Å². The summed E-state index contributed by atoms with van der Waals surface area (Å²) < 4.78 is 32.8. The molecule has 2 atom stereocenters. The van der Waals surface area contributed by atoms with Gasteiger partial charge in [-0.15, -0.1) is 0 Å². The maximum absolute atomic E-state index is 13.6. The van der Waals surface area contributed by atoms with Crippen LogP contribution < -0.4 is 10.5 Å². The van der Waals surface area contributed by atoms with Gasteiger partial charge in [0.25, 0.3) is 0 Å². The summed E-state index contributed by atoms with van der Waals surface area (Å²) in [6.45, 7) is 1.94. The smallest absolute Gasteiger partial charge is 0.141 e. The number of ether oxygens (including phenoxy) is 1. The maximum atomic E-state index is 13.6. The Hall–Kier alpha value is -1.46. The average molecular weight is 356 g/mol. The highest BCUT2D eigenvalue weighted by molar-refractivity contribution is 9.10. The van der Waals surface area contributed by atoms with Crippen LogP contribution in [-0.2, 0) is 0 Å². The first-order valence-corrected chi connectivity index (χ1v) is 7.43. The van der Waals surface area contributed by atoms with Gasteiger partial charge in [-0.3, -0.25) is 0 Å². The number of hydrogen-bond acceptors (Lipinski definition) is 2. The second-order valence-electron chi connectivity index (χ2n) is 4.74. The Bertz CT molecular complexity index is 604. The van der Waals surface area contributed by atoms with E-state index in [0.717, 1.165) is 5.56 Å². The molecule has 0 radical (unpaired) electrons. The van der Waals surface area contributed by atoms with Gasteiger partial charge in [0.1, 0.15) is 23.5 Å². The molecule has 5 heteroatoms. The number of halogens is 3. The topological polar surface area (TPSA) is 35.2 Å². The lowest BCUT2D eigenvalue weighted by Crippen LogP contribution is -2.31. The van der Waals surface area contributed by atoms with E-state index in [9.17, 15) is 8.78 Å². The van der Waals surface area contributed by atoms with Gasteiger partial charge in [-0.25, -0.2) is 8.78 Å². The molecule has 2 nitrogen and oxygen atoms in total. The van der Waals surface area contributed by atoms with E-state index < -0.39 is 11.9 Å². The third kappa shape index (κ3) is 4.02. The molecule has 0 aliphatic carbocycles. The quantitative estimate of drug-likeness (QED) is 0.851. The van der Waals surface area contributed by atoms with E-state index in [4.69, 9.17) is 10.5 Å². The predicted molar refractivity (Wildman–Crippen MR) is 82.1 cm³/mol. The third-order valence-corrected chi connectivity index (χ3v) is 3.86. The molecule has 0 fully saturated rings. The average Bonchev–Trinajstić information content (AvgIpc) is 2.48. The third-order valence-electron chi connectivity index (χ3n) is 3.21. The zero-order valence-electron chi connectivity index (χ0n) is 11.5. The summed E-state index contributed by atoms with van der Waals surface area (Å²) in [4.78, 5) is 0. The number of benzene rings is 2. The van der Waals surface area contributed by atoms with Crippen molar-refractivity contribution in [3.8, 4) is 5.75 Å². The van der Waals surface area contributed by atoms with Crippen molar-refractivity contribution < 1.29 is 13.5 Å². The fourth-order valence-corrected chi connectivity index (χ4v) is 2.21. The van der Waals surface area contributed by atoms with Gasteiger partial charge in [0.15, 0.2) is 0 Å². The minimum Gasteiger partial charge on any atom is -0.484 e. The monoisotopic (exact) mass is 355 g/mol. The molecule has 0 saturated heterocycles. The summed E-state index contributed by atoms with van der Waals surface area (Å²) in [7, 11) is 0. The van der Waals surface area contributed by atoms with Crippen molar-refractivity contribution >= 4 is 15.9 Å². The van der Waals surface area contributed by atoms with E-state index >= 15 is 0 Å². The molecule has 2 aromatic rings. The highest BCUT2D eigenvalue weighted by Gasteiger charge is 2.21. The van der Waals surface area contributed by atoms with E-state index in [-0.39, 0.29) is 11.9 Å². The molecular weight excluding hydrogens is 340 g/mol. The molecule has 0 aromatic heterocycles. The van der Waals surface area contributed by atoms with E-state index in [1.807, 2.05) is 6.92 Å². The van der Waals surface area contributed by atoms with Crippen LogP contribution in [0.5, 0.6) is 5.75 Å². The number of hydrogen-bond donors (Lipinski definition) is 1. The van der Waals surface area contributed by atoms with Crippen LogP contribution in [0.1, 0.15) is 25.0 Å². The van der Waals surface area contributed by atoms with Gasteiger partial charge in [0.05, 0.1) is 4.47 Å². The molecule has 0 spiro atoms. The summed E-state index contributed by atoms with van der Waals surface area (Å²) in [5.74, 6) is -0.346. The molecule has 2 rings (SSSR count). The van der Waals surface area contributed by atoms with Gasteiger partial charge >= 0.3 is 0 Å². The van der Waals surface area contributed by atoms with Crippen molar-refractivity contribution in [2.75, 3.05) is 0 Å². The van der Waals surface area contributed by atoms with Crippen molar-refractivity contribution in [2.24, 2.45) is 5.73 Å². The minimum absolute atomic E-state index is 0.276. The molecule has 0 aliphatic rings. The summed E-state index contributed by atoms with van der Waals surface area (Å²) in [5.41, 5.74) is 6.84. The fourth-order valence-electron chi connectivity index (χ4n) is 1.97. The van der Waals surface area contributed by atoms with E-state index in [1.165, 1.54) is 18.2 Å². The Kier molecular flexibility index (Phi) is 5.31. The lowest BCUT2D eigenvalue weighted by molar-refractivity contribution is 0.170. The first kappa shape index (κ1) is 15.9. The lowest BCUT2D eigenvalue weighted by Gasteiger charge is -2.25. The lowest BCUT2D eigenvalue weighted by atomic mass is 10.0. The largest absolute Gasteiger partial charge is 0.484 e. The van der Waals surface area contributed by atoms with Crippen LogP contribution in [0.25, 0.3) is 0 Å². The van der Waals surface area contributed by atoms with Crippen molar-refractivity contribution in [1.82, 2.24) is 0 Å². The molecular formula is C16H16BrF2NO. The van der Waals surface area contributed by atoms with Crippen LogP contribution in [0, 0.1) is 11.6 Å². The van der Waals surface area contributed by atoms with Gasteiger partial charge in [0, 0.05) is 12.1 Å². The zero-order valence-corrected chi connectivity index (χ0v) is 13.1. The van der Waals surface area contributed by atoms with Crippen LogP contribution in [0.4, 0.5) is 8.78 Å². The number of nitrogens with two attached hydrogens (primary N) is 1. The van der Waals surface area contributed by atoms with Gasteiger partial charge in [-0.1, -0.05) is 19.1 Å². The Labute approximate surface area is 131 Å². The molecule has 0 saturated carbocycles. The van der Waals surface area contributed by atoms with Gasteiger partial charge in [-0.05, 0) is 52.2 Å². The Morgan fingerprint density at radius 2 is 1.81 bits per heavy atom. The van der Waals surface area contributed by atoms with E-state index in [2.05, 4.69) is 15.9 Å². The molecule has 0 amide bonds. The Morgan fingerprint density at radius 3 is 2.38 bits per heavy atom. The van der Waals surface area contributed by atoms with Gasteiger partial charge < -0.3 is 10.5 Å². The molecule has 21 heavy (non-hydrogen) atoms. The Morgan fingerprint density at radius 1 is 1.14 bits per heavy atom. The zero-order chi connectivity index (χ0) is 15.4. The predicted octanol–water partition coefficient (Wildman–Crippen LogP) is 4.58. The van der Waals surface area contributed by atoms with Gasteiger partial charge in [-0.2, -0.15) is 0 Å². The number of rotatable bonds is 5. The first-order chi connectivity index (χ1) is 10.0. The summed E-state index contributed by atoms with van der Waals surface area (Å²) in [6.07, 6.45) is 0.220. The van der Waals surface area contributed by atoms with E-state index in [1.54, 1.807) is 24.3 Å². The minimum atomic E-state index is -0.462. The first-order valence-electron chi connectivity index (χ1n) is 6.64. The van der Waals surface area contributed by atoms with Crippen LogP contribution in [0.2, 0.25) is 0 Å². The van der Waals surface area contributed by atoms with Crippen LogP contribution in [0.3, 0.4) is 0 Å².